The zero-order chi connectivity index (χ0) is 27.0. The highest BCUT2D eigenvalue weighted by Crippen LogP contribution is 2.46. The summed E-state index contributed by atoms with van der Waals surface area (Å²) >= 11 is 0.972. The molecule has 0 fully saturated rings. The number of fused-ring (bicyclic) bond motifs is 1. The number of carbonyl (C=O) groups excluding carboxylic acids is 1. The molecule has 0 bridgehead atoms. The van der Waals surface area contributed by atoms with Crippen LogP contribution in [0.2, 0.25) is 0 Å². The summed E-state index contributed by atoms with van der Waals surface area (Å²) in [4.78, 5) is 18.4. The van der Waals surface area contributed by atoms with E-state index in [1.54, 1.807) is 36.9 Å². The number of ether oxygens (including phenoxy) is 2. The second-order valence-corrected chi connectivity index (χ2v) is 11.4. The molecule has 2 aliphatic rings. The Morgan fingerprint density at radius 2 is 2.08 bits per heavy atom. The Morgan fingerprint density at radius 1 is 1.32 bits per heavy atom. The largest absolute Gasteiger partial charge is 0.744 e. The summed E-state index contributed by atoms with van der Waals surface area (Å²) in [6.45, 7) is 2.98. The maximum absolute atomic E-state index is 12.8. The molecule has 1 aromatic heterocycles. The summed E-state index contributed by atoms with van der Waals surface area (Å²) < 4.78 is 82.4. The van der Waals surface area contributed by atoms with Crippen molar-refractivity contribution in [2.75, 3.05) is 18.1 Å². The molecule has 2 aromatic rings. The summed E-state index contributed by atoms with van der Waals surface area (Å²) in [7, 11) is -4.62. The molecule has 0 saturated heterocycles. The normalized spacial score (nSPS) is 19.9. The molecule has 3 heterocycles. The monoisotopic (exact) mass is 558 g/mol. The first-order valence-electron chi connectivity index (χ1n) is 11.2. The van der Waals surface area contributed by atoms with Gasteiger partial charge in [0.15, 0.2) is 0 Å². The van der Waals surface area contributed by atoms with E-state index in [9.17, 15) is 30.9 Å². The predicted octanol–water partition coefficient (Wildman–Crippen LogP) is 3.78. The third kappa shape index (κ3) is 6.30. The van der Waals surface area contributed by atoms with Crippen LogP contribution in [0.5, 0.6) is 11.6 Å². The van der Waals surface area contributed by atoms with Crippen LogP contribution >= 0.6 is 11.8 Å². The van der Waals surface area contributed by atoms with Crippen LogP contribution in [0.1, 0.15) is 36.2 Å². The maximum Gasteiger partial charge on any atom is 0.392 e. The van der Waals surface area contributed by atoms with Crippen molar-refractivity contribution in [2.24, 2.45) is 0 Å². The van der Waals surface area contributed by atoms with Crippen molar-refractivity contribution in [3.63, 3.8) is 0 Å². The molecule has 1 amide bonds. The number of hydrogen-bond donors (Lipinski definition) is 1. The molecule has 0 spiro atoms. The second kappa shape index (κ2) is 10.4. The number of allylic oxidation sites excluding steroid dienone is 1. The molecule has 9 nitrogen and oxygen atoms in total. The average Bonchev–Trinajstić information content (AvgIpc) is 3.12. The highest BCUT2D eigenvalue weighted by molar-refractivity contribution is 8.17. The fourth-order valence-corrected chi connectivity index (χ4v) is 6.43. The molecule has 2 aliphatic heterocycles. The number of carbonyl (C=O) groups is 1. The van der Waals surface area contributed by atoms with E-state index in [4.69, 9.17) is 9.47 Å². The maximum atomic E-state index is 12.8. The summed E-state index contributed by atoms with van der Waals surface area (Å²) in [5, 5.41) is 2.51. The molecule has 1 N–H and O–H groups in total. The highest BCUT2D eigenvalue weighted by Gasteiger charge is 2.35. The Kier molecular flexibility index (Phi) is 7.62. The van der Waals surface area contributed by atoms with E-state index in [2.05, 4.69) is 10.3 Å². The lowest BCUT2D eigenvalue weighted by Crippen LogP contribution is -2.43. The van der Waals surface area contributed by atoms with E-state index in [1.807, 2.05) is 0 Å². The third-order valence-electron chi connectivity index (χ3n) is 5.75. The summed E-state index contributed by atoms with van der Waals surface area (Å²) in [5.74, 6) is 0.110. The number of hydrogen-bond acceptors (Lipinski definition) is 9. The molecule has 1 aromatic carbocycles. The quantitative estimate of drug-likeness (QED) is 0.506. The number of benzene rings is 1. The van der Waals surface area contributed by atoms with Gasteiger partial charge in [0.25, 0.3) is 5.91 Å². The van der Waals surface area contributed by atoms with E-state index in [0.717, 1.165) is 17.3 Å². The van der Waals surface area contributed by atoms with Crippen LogP contribution in [-0.2, 0) is 16.5 Å². The van der Waals surface area contributed by atoms with Crippen molar-refractivity contribution in [3.05, 3.63) is 57.6 Å². The van der Waals surface area contributed by atoms with Crippen molar-refractivity contribution in [1.82, 2.24) is 10.3 Å². The summed E-state index contributed by atoms with van der Waals surface area (Å²) in [6, 6.07) is 7.63. The lowest BCUT2D eigenvalue weighted by atomic mass is 9.99. The van der Waals surface area contributed by atoms with Gasteiger partial charge in [0.05, 0.1) is 30.0 Å². The van der Waals surface area contributed by atoms with Crippen LogP contribution in [0, 0.1) is 0 Å². The summed E-state index contributed by atoms with van der Waals surface area (Å²) in [5.41, 5.74) is 1.95. The van der Waals surface area contributed by atoms with E-state index >= 15 is 0 Å². The van der Waals surface area contributed by atoms with E-state index in [-0.39, 0.29) is 27.7 Å². The molecule has 2 atom stereocenters. The van der Waals surface area contributed by atoms with Crippen molar-refractivity contribution in [2.45, 2.75) is 44.3 Å². The van der Waals surface area contributed by atoms with Crippen LogP contribution in [0.3, 0.4) is 0 Å². The Labute approximate surface area is 215 Å². The van der Waals surface area contributed by atoms with Crippen LogP contribution < -0.4 is 19.7 Å². The number of amides is 1. The Morgan fingerprint density at radius 3 is 2.70 bits per heavy atom. The van der Waals surface area contributed by atoms with Gasteiger partial charge in [0.2, 0.25) is 5.88 Å². The lowest BCUT2D eigenvalue weighted by molar-refractivity contribution is -0.139. The fourth-order valence-electron chi connectivity index (χ4n) is 4.13. The van der Waals surface area contributed by atoms with Gasteiger partial charge in [-0.15, -0.1) is 0 Å². The number of halogens is 3. The van der Waals surface area contributed by atoms with Gasteiger partial charge in [0.1, 0.15) is 26.7 Å². The van der Waals surface area contributed by atoms with Crippen molar-refractivity contribution < 1.29 is 40.4 Å². The first-order valence-corrected chi connectivity index (χ1v) is 13.5. The molecule has 4 rings (SSSR count). The minimum Gasteiger partial charge on any atom is -0.744 e. The molecule has 37 heavy (non-hydrogen) atoms. The van der Waals surface area contributed by atoms with Crippen molar-refractivity contribution in [1.29, 1.82) is 0 Å². The molecular formula is C23H23F3N3O6S2-. The van der Waals surface area contributed by atoms with Gasteiger partial charge in [-0.2, -0.15) is 13.2 Å². The molecule has 0 radical (unpaired) electrons. The topological polar surface area (TPSA) is 121 Å². The van der Waals surface area contributed by atoms with Crippen LogP contribution in [0.15, 0.2) is 46.5 Å². The minimum absolute atomic E-state index is 0.0270. The first-order chi connectivity index (χ1) is 17.3. The van der Waals surface area contributed by atoms with Crippen molar-refractivity contribution in [3.8, 4) is 11.6 Å². The number of nitrogens with zero attached hydrogens (tertiary/aromatic N) is 2. The fraction of sp³-hybridized carbons (Fsp3) is 0.391. The molecule has 14 heteroatoms. The SMILES string of the molecule is CC1=C(S(=O)(=O)[O-])S[C@@H](C)N1c1cccc2c1CC(NC(=O)c1ccc(OCCC(F)(F)F)nc1)CO2. The first kappa shape index (κ1) is 27.1. The van der Waals surface area contributed by atoms with Gasteiger partial charge in [-0.05, 0) is 32.0 Å². The number of alkyl halides is 3. The lowest BCUT2D eigenvalue weighted by Gasteiger charge is -2.32. The van der Waals surface area contributed by atoms with Gasteiger partial charge in [-0.1, -0.05) is 17.8 Å². The van der Waals surface area contributed by atoms with Gasteiger partial charge < -0.3 is 24.2 Å². The number of thioether (sulfide) groups is 1. The standard InChI is InChI=1S/C23H24F3N3O6S2/c1-13-22(37(31,32)33)36-14(2)29(13)18-4-3-5-19-17(18)10-16(12-35-19)28-21(30)15-6-7-20(27-11-15)34-9-8-23(24,25)26/h3-7,11,14,16H,8-10,12H2,1-2H3,(H,28,30)(H,31,32,33)/p-1/t14-,16?/m0/s1. The van der Waals surface area contributed by atoms with E-state index in [1.165, 1.54) is 18.3 Å². The Bertz CT molecular complexity index is 1320. The zero-order valence-corrected chi connectivity index (χ0v) is 21.4. The molecular weight excluding hydrogens is 535 g/mol. The van der Waals surface area contributed by atoms with Gasteiger partial charge in [0, 0.05) is 35.6 Å². The number of anilines is 1. The van der Waals surface area contributed by atoms with Crippen LogP contribution in [-0.4, -0.2) is 54.7 Å². The third-order valence-corrected chi connectivity index (χ3v) is 8.46. The van der Waals surface area contributed by atoms with Crippen molar-refractivity contribution >= 4 is 33.5 Å². The predicted molar refractivity (Wildman–Crippen MR) is 129 cm³/mol. The van der Waals surface area contributed by atoms with E-state index < -0.39 is 41.3 Å². The summed E-state index contributed by atoms with van der Waals surface area (Å²) in [6.07, 6.45) is -3.86. The average molecular weight is 559 g/mol. The molecule has 0 saturated carbocycles. The number of rotatable bonds is 7. The van der Waals surface area contributed by atoms with Crippen LogP contribution in [0.4, 0.5) is 18.9 Å². The zero-order valence-electron chi connectivity index (χ0n) is 19.7. The smallest absolute Gasteiger partial charge is 0.392 e. The second-order valence-electron chi connectivity index (χ2n) is 8.45. The number of nitrogens with one attached hydrogen (secondary N) is 1. The van der Waals surface area contributed by atoms with Gasteiger partial charge in [-0.3, -0.25) is 4.79 Å². The Hall–Kier alpha value is -2.97. The highest BCUT2D eigenvalue weighted by atomic mass is 32.3. The van der Waals surface area contributed by atoms with Crippen LogP contribution in [0.25, 0.3) is 0 Å². The molecule has 1 unspecified atom stereocenters. The van der Waals surface area contributed by atoms with E-state index in [0.29, 0.717) is 23.6 Å². The number of pyridine rings is 1. The number of aromatic nitrogens is 1. The molecule has 0 aliphatic carbocycles. The van der Waals surface area contributed by atoms with Gasteiger partial charge in [-0.25, -0.2) is 13.4 Å². The minimum atomic E-state index is -4.62. The molecule has 200 valence electrons. The van der Waals surface area contributed by atoms with Gasteiger partial charge >= 0.3 is 6.18 Å². The Balaban J connectivity index is 1.46.